The Morgan fingerprint density at radius 3 is 2.88 bits per heavy atom. The van der Waals surface area contributed by atoms with Crippen molar-refractivity contribution in [1.82, 2.24) is 9.78 Å². The van der Waals surface area contributed by atoms with Crippen LogP contribution in [0, 0.1) is 0 Å². The standard InChI is InChI=1S/C12H18N4S/c1-4-10-11(13)12(16(3)15-10)14-8(2)9-5-6-17-7-9/h5-8,14H,4,13H2,1-3H3. The van der Waals surface area contributed by atoms with E-state index in [4.69, 9.17) is 5.73 Å². The van der Waals surface area contributed by atoms with E-state index in [1.807, 2.05) is 11.7 Å². The van der Waals surface area contributed by atoms with Crippen molar-refractivity contribution in [3.63, 3.8) is 0 Å². The first kappa shape index (κ1) is 12.0. The molecule has 1 atom stereocenters. The number of anilines is 2. The summed E-state index contributed by atoms with van der Waals surface area (Å²) in [4.78, 5) is 0. The summed E-state index contributed by atoms with van der Waals surface area (Å²) in [6.07, 6.45) is 0.855. The molecule has 0 aromatic carbocycles. The van der Waals surface area contributed by atoms with Gasteiger partial charge in [-0.05, 0) is 35.7 Å². The van der Waals surface area contributed by atoms with Gasteiger partial charge in [0.25, 0.3) is 0 Å². The lowest BCUT2D eigenvalue weighted by Crippen LogP contribution is -2.10. The van der Waals surface area contributed by atoms with Crippen molar-refractivity contribution in [1.29, 1.82) is 0 Å². The van der Waals surface area contributed by atoms with E-state index in [-0.39, 0.29) is 6.04 Å². The number of nitrogens with two attached hydrogens (primary N) is 1. The van der Waals surface area contributed by atoms with Crippen LogP contribution in [0.25, 0.3) is 0 Å². The Morgan fingerprint density at radius 1 is 1.59 bits per heavy atom. The SMILES string of the molecule is CCc1nn(C)c(NC(C)c2ccsc2)c1N. The zero-order chi connectivity index (χ0) is 12.4. The van der Waals surface area contributed by atoms with Gasteiger partial charge in [0.15, 0.2) is 0 Å². The molecule has 92 valence electrons. The van der Waals surface area contributed by atoms with Crippen LogP contribution in [0.1, 0.15) is 31.1 Å². The topological polar surface area (TPSA) is 55.9 Å². The van der Waals surface area contributed by atoms with Gasteiger partial charge < -0.3 is 11.1 Å². The van der Waals surface area contributed by atoms with E-state index in [1.165, 1.54) is 5.56 Å². The monoisotopic (exact) mass is 250 g/mol. The summed E-state index contributed by atoms with van der Waals surface area (Å²) >= 11 is 1.70. The molecule has 2 rings (SSSR count). The van der Waals surface area contributed by atoms with Crippen LogP contribution in [0.2, 0.25) is 0 Å². The lowest BCUT2D eigenvalue weighted by molar-refractivity contribution is 0.735. The van der Waals surface area contributed by atoms with Gasteiger partial charge >= 0.3 is 0 Å². The van der Waals surface area contributed by atoms with Crippen LogP contribution in [-0.2, 0) is 13.5 Å². The second-order valence-electron chi connectivity index (χ2n) is 4.11. The number of nitrogens with zero attached hydrogens (tertiary/aromatic N) is 2. The molecule has 2 aromatic rings. The van der Waals surface area contributed by atoms with Gasteiger partial charge in [0, 0.05) is 7.05 Å². The fraction of sp³-hybridized carbons (Fsp3) is 0.417. The highest BCUT2D eigenvalue weighted by atomic mass is 32.1. The molecular weight excluding hydrogens is 232 g/mol. The van der Waals surface area contributed by atoms with Gasteiger partial charge in [-0.25, -0.2) is 0 Å². The Kier molecular flexibility index (Phi) is 3.38. The Bertz CT molecular complexity index is 487. The molecule has 0 spiro atoms. The minimum absolute atomic E-state index is 0.239. The number of aryl methyl sites for hydroxylation is 2. The first-order chi connectivity index (χ1) is 8.13. The molecule has 0 aliphatic heterocycles. The van der Waals surface area contributed by atoms with Gasteiger partial charge in [0.1, 0.15) is 5.82 Å². The average molecular weight is 250 g/mol. The van der Waals surface area contributed by atoms with Crippen LogP contribution in [-0.4, -0.2) is 9.78 Å². The minimum Gasteiger partial charge on any atom is -0.394 e. The fourth-order valence-electron chi connectivity index (χ4n) is 1.84. The molecule has 0 aliphatic rings. The first-order valence-corrected chi connectivity index (χ1v) is 6.67. The highest BCUT2D eigenvalue weighted by Gasteiger charge is 2.14. The molecule has 1 unspecified atom stereocenters. The summed E-state index contributed by atoms with van der Waals surface area (Å²) in [6.45, 7) is 4.19. The number of rotatable bonds is 4. The van der Waals surface area contributed by atoms with Gasteiger partial charge in [0.05, 0.1) is 17.4 Å². The van der Waals surface area contributed by atoms with E-state index < -0.39 is 0 Å². The third kappa shape index (κ3) is 2.29. The van der Waals surface area contributed by atoms with Crippen molar-refractivity contribution < 1.29 is 0 Å². The average Bonchev–Trinajstić information content (AvgIpc) is 2.92. The van der Waals surface area contributed by atoms with Crippen molar-refractivity contribution in [2.75, 3.05) is 11.1 Å². The lowest BCUT2D eigenvalue weighted by Gasteiger charge is -2.14. The summed E-state index contributed by atoms with van der Waals surface area (Å²) in [5.41, 5.74) is 9.06. The van der Waals surface area contributed by atoms with Crippen LogP contribution in [0.15, 0.2) is 16.8 Å². The number of nitrogens with one attached hydrogen (secondary N) is 1. The largest absolute Gasteiger partial charge is 0.394 e. The summed E-state index contributed by atoms with van der Waals surface area (Å²) in [7, 11) is 1.91. The predicted molar refractivity (Wildman–Crippen MR) is 73.4 cm³/mol. The quantitative estimate of drug-likeness (QED) is 0.877. The Labute approximate surface area is 105 Å². The van der Waals surface area contributed by atoms with Crippen molar-refractivity contribution in [3.05, 3.63) is 28.1 Å². The molecule has 0 saturated carbocycles. The minimum atomic E-state index is 0.239. The van der Waals surface area contributed by atoms with E-state index in [9.17, 15) is 0 Å². The smallest absolute Gasteiger partial charge is 0.148 e. The Morgan fingerprint density at radius 2 is 2.35 bits per heavy atom. The summed E-state index contributed by atoms with van der Waals surface area (Å²) in [5.74, 6) is 0.903. The zero-order valence-corrected chi connectivity index (χ0v) is 11.2. The molecule has 4 nitrogen and oxygen atoms in total. The van der Waals surface area contributed by atoms with Crippen molar-refractivity contribution in [3.8, 4) is 0 Å². The molecule has 2 aromatic heterocycles. The third-order valence-electron chi connectivity index (χ3n) is 2.89. The molecular formula is C12H18N4S. The fourth-order valence-corrected chi connectivity index (χ4v) is 2.59. The van der Waals surface area contributed by atoms with E-state index in [1.54, 1.807) is 11.3 Å². The van der Waals surface area contributed by atoms with Gasteiger partial charge in [-0.3, -0.25) is 4.68 Å². The van der Waals surface area contributed by atoms with Crippen LogP contribution in [0.4, 0.5) is 11.5 Å². The first-order valence-electron chi connectivity index (χ1n) is 5.73. The van der Waals surface area contributed by atoms with Gasteiger partial charge in [-0.1, -0.05) is 6.92 Å². The van der Waals surface area contributed by atoms with Gasteiger partial charge in [0.2, 0.25) is 0 Å². The van der Waals surface area contributed by atoms with Crippen molar-refractivity contribution >= 4 is 22.8 Å². The van der Waals surface area contributed by atoms with E-state index in [0.717, 1.165) is 23.6 Å². The third-order valence-corrected chi connectivity index (χ3v) is 3.59. The van der Waals surface area contributed by atoms with Crippen LogP contribution in [0.5, 0.6) is 0 Å². The van der Waals surface area contributed by atoms with E-state index in [0.29, 0.717) is 0 Å². The number of nitrogen functional groups attached to an aromatic ring is 1. The second-order valence-corrected chi connectivity index (χ2v) is 4.89. The van der Waals surface area contributed by atoms with Crippen LogP contribution in [0.3, 0.4) is 0 Å². The number of thiophene rings is 1. The zero-order valence-electron chi connectivity index (χ0n) is 10.4. The highest BCUT2D eigenvalue weighted by Crippen LogP contribution is 2.27. The summed E-state index contributed by atoms with van der Waals surface area (Å²) in [5, 5.41) is 12.0. The molecule has 0 amide bonds. The molecule has 0 saturated heterocycles. The van der Waals surface area contributed by atoms with E-state index in [2.05, 4.69) is 41.1 Å². The summed E-state index contributed by atoms with van der Waals surface area (Å²) in [6, 6.07) is 2.36. The highest BCUT2D eigenvalue weighted by molar-refractivity contribution is 7.07. The molecule has 0 fully saturated rings. The molecule has 17 heavy (non-hydrogen) atoms. The second kappa shape index (κ2) is 4.79. The maximum absolute atomic E-state index is 6.07. The van der Waals surface area contributed by atoms with Crippen LogP contribution >= 0.6 is 11.3 Å². The Balaban J connectivity index is 2.21. The number of aromatic nitrogens is 2. The lowest BCUT2D eigenvalue weighted by atomic mass is 10.2. The molecule has 0 aliphatic carbocycles. The normalized spacial score (nSPS) is 12.6. The van der Waals surface area contributed by atoms with E-state index >= 15 is 0 Å². The van der Waals surface area contributed by atoms with Gasteiger partial charge in [-0.2, -0.15) is 16.4 Å². The van der Waals surface area contributed by atoms with Crippen molar-refractivity contribution in [2.24, 2.45) is 7.05 Å². The van der Waals surface area contributed by atoms with Gasteiger partial charge in [-0.15, -0.1) is 0 Å². The number of hydrogen-bond donors (Lipinski definition) is 2. The maximum Gasteiger partial charge on any atom is 0.148 e. The molecule has 3 N–H and O–H groups in total. The predicted octanol–water partition coefficient (Wildman–Crippen LogP) is 2.80. The Hall–Kier alpha value is -1.49. The molecule has 5 heteroatoms. The maximum atomic E-state index is 6.07. The molecule has 0 bridgehead atoms. The molecule has 2 heterocycles. The summed E-state index contributed by atoms with van der Waals surface area (Å²) < 4.78 is 1.82. The molecule has 0 radical (unpaired) electrons. The van der Waals surface area contributed by atoms with Crippen molar-refractivity contribution in [2.45, 2.75) is 26.3 Å². The van der Waals surface area contributed by atoms with Crippen LogP contribution < -0.4 is 11.1 Å². The number of hydrogen-bond acceptors (Lipinski definition) is 4.